The third kappa shape index (κ3) is 2.90. The summed E-state index contributed by atoms with van der Waals surface area (Å²) in [6.45, 7) is 1.91. The predicted molar refractivity (Wildman–Crippen MR) is 51.4 cm³/mol. The molecule has 1 rings (SSSR count). The molecule has 4 nitrogen and oxygen atoms in total. The van der Waals surface area contributed by atoms with Crippen LogP contribution in [-0.2, 0) is 9.47 Å². The van der Waals surface area contributed by atoms with Crippen LogP contribution in [0.5, 0.6) is 0 Å². The van der Waals surface area contributed by atoms with Gasteiger partial charge in [-0.15, -0.1) is 0 Å². The third-order valence-electron chi connectivity index (χ3n) is 1.48. The summed E-state index contributed by atoms with van der Waals surface area (Å²) < 4.78 is 9.13. The Morgan fingerprint density at radius 2 is 2.00 bits per heavy atom. The van der Waals surface area contributed by atoms with E-state index in [1.165, 1.54) is 0 Å². The van der Waals surface area contributed by atoms with Gasteiger partial charge in [0.15, 0.2) is 0 Å². The number of ether oxygens (including phenoxy) is 2. The summed E-state index contributed by atoms with van der Waals surface area (Å²) in [6, 6.07) is 8.71. The van der Waals surface area contributed by atoms with E-state index in [0.29, 0.717) is 5.56 Å². The molecule has 0 radical (unpaired) electrons. The van der Waals surface area contributed by atoms with Crippen LogP contribution in [0, 0.1) is 5.41 Å². The lowest BCUT2D eigenvalue weighted by Crippen LogP contribution is -2.13. The molecule has 0 unspecified atom stereocenters. The summed E-state index contributed by atoms with van der Waals surface area (Å²) in [5.41, 5.74) is 0.542. The molecule has 0 atom stereocenters. The first-order valence-electron chi connectivity index (χ1n) is 4.22. The Morgan fingerprint density at radius 3 is 2.57 bits per heavy atom. The van der Waals surface area contributed by atoms with Crippen molar-refractivity contribution in [3.63, 3.8) is 0 Å². The highest BCUT2D eigenvalue weighted by molar-refractivity contribution is 5.96. The molecule has 0 saturated carbocycles. The zero-order chi connectivity index (χ0) is 10.4. The molecule has 1 N–H and O–H groups in total. The molecule has 0 amide bonds. The first-order chi connectivity index (χ1) is 6.74. The van der Waals surface area contributed by atoms with E-state index in [1.807, 2.05) is 6.07 Å². The summed E-state index contributed by atoms with van der Waals surface area (Å²) >= 11 is 0. The zero-order valence-electron chi connectivity index (χ0n) is 7.82. The van der Waals surface area contributed by atoms with E-state index in [1.54, 1.807) is 31.2 Å². The standard InChI is InChI=1S/C10H11NO3/c1-2-13-10(12)14-9(11)8-6-4-3-5-7-8/h3-7,11H,2H2,1H3. The number of hydrogen-bond donors (Lipinski definition) is 1. The van der Waals surface area contributed by atoms with E-state index in [4.69, 9.17) is 5.41 Å². The van der Waals surface area contributed by atoms with Crippen LogP contribution >= 0.6 is 0 Å². The van der Waals surface area contributed by atoms with Gasteiger partial charge in [0.1, 0.15) is 0 Å². The lowest BCUT2D eigenvalue weighted by atomic mass is 10.2. The lowest BCUT2D eigenvalue weighted by molar-refractivity contribution is 0.100. The van der Waals surface area contributed by atoms with Crippen LogP contribution in [-0.4, -0.2) is 18.7 Å². The fraction of sp³-hybridized carbons (Fsp3) is 0.200. The molecule has 0 heterocycles. The van der Waals surface area contributed by atoms with Crippen molar-refractivity contribution in [2.75, 3.05) is 6.61 Å². The van der Waals surface area contributed by atoms with Crippen molar-refractivity contribution in [2.24, 2.45) is 0 Å². The number of nitrogens with one attached hydrogen (secondary N) is 1. The smallest absolute Gasteiger partial charge is 0.434 e. The van der Waals surface area contributed by atoms with Gasteiger partial charge in [-0.25, -0.2) is 4.79 Å². The van der Waals surface area contributed by atoms with Crippen LogP contribution in [0.25, 0.3) is 0 Å². The molecule has 14 heavy (non-hydrogen) atoms. The minimum Gasteiger partial charge on any atom is -0.434 e. The third-order valence-corrected chi connectivity index (χ3v) is 1.48. The predicted octanol–water partition coefficient (Wildman–Crippen LogP) is 2.19. The normalized spacial score (nSPS) is 9.21. The molecular weight excluding hydrogens is 182 g/mol. The van der Waals surface area contributed by atoms with Crippen molar-refractivity contribution in [1.82, 2.24) is 0 Å². The Labute approximate surface area is 82.0 Å². The average Bonchev–Trinajstić information content (AvgIpc) is 2.19. The molecule has 1 aromatic carbocycles. The highest BCUT2D eigenvalue weighted by Crippen LogP contribution is 2.01. The molecule has 4 heteroatoms. The Balaban J connectivity index is 2.55. The van der Waals surface area contributed by atoms with E-state index >= 15 is 0 Å². The minimum atomic E-state index is -0.846. The largest absolute Gasteiger partial charge is 0.515 e. The van der Waals surface area contributed by atoms with Crippen molar-refractivity contribution in [3.05, 3.63) is 35.9 Å². The van der Waals surface area contributed by atoms with Gasteiger partial charge < -0.3 is 9.47 Å². The topological polar surface area (TPSA) is 59.4 Å². The zero-order valence-corrected chi connectivity index (χ0v) is 7.82. The van der Waals surface area contributed by atoms with Gasteiger partial charge in [0.2, 0.25) is 5.90 Å². The van der Waals surface area contributed by atoms with Gasteiger partial charge in [0.25, 0.3) is 0 Å². The van der Waals surface area contributed by atoms with Crippen molar-refractivity contribution >= 4 is 12.1 Å². The molecule has 0 fully saturated rings. The van der Waals surface area contributed by atoms with Crippen molar-refractivity contribution in [1.29, 1.82) is 5.41 Å². The van der Waals surface area contributed by atoms with Crippen LogP contribution < -0.4 is 0 Å². The Hall–Kier alpha value is -1.84. The van der Waals surface area contributed by atoms with Crippen LogP contribution in [0.3, 0.4) is 0 Å². The maximum absolute atomic E-state index is 10.8. The molecule has 0 aliphatic carbocycles. The van der Waals surface area contributed by atoms with Gasteiger partial charge >= 0.3 is 6.16 Å². The molecule has 1 aromatic rings. The molecule has 0 saturated heterocycles. The molecule has 74 valence electrons. The highest BCUT2D eigenvalue weighted by Gasteiger charge is 2.08. The summed E-state index contributed by atoms with van der Waals surface area (Å²) in [5, 5.41) is 7.42. The molecule has 0 bridgehead atoms. The molecule has 0 aliphatic heterocycles. The van der Waals surface area contributed by atoms with Crippen LogP contribution in [0.15, 0.2) is 30.3 Å². The number of carbonyl (C=O) groups excluding carboxylic acids is 1. The first kappa shape index (κ1) is 10.2. The van der Waals surface area contributed by atoms with Crippen molar-refractivity contribution in [2.45, 2.75) is 6.92 Å². The number of rotatable bonds is 2. The Bertz CT molecular complexity index is 321. The van der Waals surface area contributed by atoms with E-state index in [2.05, 4.69) is 9.47 Å². The van der Waals surface area contributed by atoms with E-state index in [9.17, 15) is 4.79 Å². The molecule has 0 aromatic heterocycles. The second-order valence-electron chi connectivity index (χ2n) is 2.48. The lowest BCUT2D eigenvalue weighted by Gasteiger charge is -2.04. The molecule has 0 aliphatic rings. The molecular formula is C10H11NO3. The second-order valence-corrected chi connectivity index (χ2v) is 2.48. The number of benzene rings is 1. The maximum Gasteiger partial charge on any atom is 0.515 e. The van der Waals surface area contributed by atoms with Gasteiger partial charge in [-0.2, -0.15) is 0 Å². The second kappa shape index (κ2) is 5.01. The summed E-state index contributed by atoms with van der Waals surface area (Å²) in [5.74, 6) is -0.205. The minimum absolute atomic E-state index is 0.205. The highest BCUT2D eigenvalue weighted by atomic mass is 16.7. The SMILES string of the molecule is CCOC(=O)OC(=N)c1ccccc1. The monoisotopic (exact) mass is 193 g/mol. The van der Waals surface area contributed by atoms with Gasteiger partial charge in [-0.05, 0) is 19.1 Å². The first-order valence-corrected chi connectivity index (χ1v) is 4.22. The fourth-order valence-corrected chi connectivity index (χ4v) is 0.879. The number of hydrogen-bond acceptors (Lipinski definition) is 4. The van der Waals surface area contributed by atoms with E-state index < -0.39 is 6.16 Å². The summed E-state index contributed by atoms with van der Waals surface area (Å²) in [6.07, 6.45) is -0.846. The van der Waals surface area contributed by atoms with Crippen molar-refractivity contribution in [3.8, 4) is 0 Å². The number of carbonyl (C=O) groups is 1. The van der Waals surface area contributed by atoms with Gasteiger partial charge in [-0.1, -0.05) is 18.2 Å². The van der Waals surface area contributed by atoms with Gasteiger partial charge in [-0.3, -0.25) is 5.41 Å². The van der Waals surface area contributed by atoms with Crippen LogP contribution in [0.2, 0.25) is 0 Å². The van der Waals surface area contributed by atoms with Crippen molar-refractivity contribution < 1.29 is 14.3 Å². The van der Waals surface area contributed by atoms with E-state index in [0.717, 1.165) is 0 Å². The Kier molecular flexibility index (Phi) is 3.67. The van der Waals surface area contributed by atoms with Crippen LogP contribution in [0.1, 0.15) is 12.5 Å². The average molecular weight is 193 g/mol. The summed E-state index contributed by atoms with van der Waals surface area (Å²) in [7, 11) is 0. The molecule has 0 spiro atoms. The van der Waals surface area contributed by atoms with Gasteiger partial charge in [0.05, 0.1) is 6.61 Å². The quantitative estimate of drug-likeness (QED) is 0.445. The summed E-state index contributed by atoms with van der Waals surface area (Å²) in [4.78, 5) is 10.8. The van der Waals surface area contributed by atoms with Gasteiger partial charge in [0, 0.05) is 5.56 Å². The fourth-order valence-electron chi connectivity index (χ4n) is 0.879. The van der Waals surface area contributed by atoms with Crippen LogP contribution in [0.4, 0.5) is 4.79 Å². The maximum atomic E-state index is 10.8. The van der Waals surface area contributed by atoms with E-state index in [-0.39, 0.29) is 12.5 Å². The Morgan fingerprint density at radius 1 is 1.36 bits per heavy atom.